The smallest absolute Gasteiger partial charge is 0.282 e. The molecule has 0 aliphatic carbocycles. The lowest BCUT2D eigenvalue weighted by Gasteiger charge is -2.13. The van der Waals surface area contributed by atoms with E-state index in [1.807, 2.05) is 30.3 Å². The summed E-state index contributed by atoms with van der Waals surface area (Å²) >= 11 is 0. The summed E-state index contributed by atoms with van der Waals surface area (Å²) in [6.07, 6.45) is 0. The minimum atomic E-state index is -0.827. The first-order chi connectivity index (χ1) is 14.0. The molecular weight excluding hydrogens is 372 g/mol. The standard InChI is InChI=1S/C22H14N2O5/c25-19(16-11-9-15(10-12-16)14-5-2-1-3-6-14)13-23-21(26)17-7-4-8-18(24(28)29)20(17)22(23)27/h1-12H,13H2. The Labute approximate surface area is 165 Å². The van der Waals surface area contributed by atoms with Crippen molar-refractivity contribution < 1.29 is 19.3 Å². The van der Waals surface area contributed by atoms with Gasteiger partial charge in [-0.2, -0.15) is 0 Å². The maximum atomic E-state index is 12.6. The molecule has 3 aromatic rings. The fourth-order valence-electron chi connectivity index (χ4n) is 3.33. The summed E-state index contributed by atoms with van der Waals surface area (Å²) in [5, 5.41) is 11.2. The first-order valence-electron chi connectivity index (χ1n) is 8.79. The highest BCUT2D eigenvalue weighted by Crippen LogP contribution is 2.30. The quantitative estimate of drug-likeness (QED) is 0.288. The number of nitro groups is 1. The minimum absolute atomic E-state index is 0.0589. The van der Waals surface area contributed by atoms with Gasteiger partial charge in [-0.15, -0.1) is 0 Å². The van der Waals surface area contributed by atoms with Crippen LogP contribution < -0.4 is 0 Å². The maximum Gasteiger partial charge on any atom is 0.282 e. The van der Waals surface area contributed by atoms with E-state index >= 15 is 0 Å². The molecule has 0 saturated carbocycles. The van der Waals surface area contributed by atoms with Crippen LogP contribution in [0.2, 0.25) is 0 Å². The van der Waals surface area contributed by atoms with Crippen molar-refractivity contribution in [1.82, 2.24) is 4.90 Å². The zero-order chi connectivity index (χ0) is 20.5. The molecule has 0 N–H and O–H groups in total. The maximum absolute atomic E-state index is 12.6. The zero-order valence-electron chi connectivity index (χ0n) is 15.1. The molecule has 0 unspecified atom stereocenters. The third-order valence-corrected chi connectivity index (χ3v) is 4.79. The predicted molar refractivity (Wildman–Crippen MR) is 105 cm³/mol. The number of nitrogens with zero attached hydrogens (tertiary/aromatic N) is 2. The normalized spacial score (nSPS) is 12.8. The number of ketones is 1. The highest BCUT2D eigenvalue weighted by molar-refractivity contribution is 6.24. The summed E-state index contributed by atoms with van der Waals surface area (Å²) in [7, 11) is 0. The average molecular weight is 386 g/mol. The van der Waals surface area contributed by atoms with Gasteiger partial charge in [0.05, 0.1) is 17.0 Å². The van der Waals surface area contributed by atoms with Crippen LogP contribution in [0, 0.1) is 10.1 Å². The second-order valence-corrected chi connectivity index (χ2v) is 6.52. The third-order valence-electron chi connectivity index (χ3n) is 4.79. The van der Waals surface area contributed by atoms with Gasteiger partial charge in [0.25, 0.3) is 17.5 Å². The minimum Gasteiger partial charge on any atom is -0.292 e. The van der Waals surface area contributed by atoms with E-state index in [-0.39, 0.29) is 11.1 Å². The molecule has 1 aliphatic rings. The number of fused-ring (bicyclic) bond motifs is 1. The topological polar surface area (TPSA) is 97.6 Å². The van der Waals surface area contributed by atoms with Crippen LogP contribution >= 0.6 is 0 Å². The first-order valence-corrected chi connectivity index (χ1v) is 8.79. The summed E-state index contributed by atoms with van der Waals surface area (Å²) in [6, 6.07) is 20.3. The molecule has 29 heavy (non-hydrogen) atoms. The molecule has 7 nitrogen and oxygen atoms in total. The van der Waals surface area contributed by atoms with Gasteiger partial charge in [-0.1, -0.05) is 60.7 Å². The van der Waals surface area contributed by atoms with Gasteiger partial charge in [0.1, 0.15) is 5.56 Å². The summed E-state index contributed by atoms with van der Waals surface area (Å²) in [4.78, 5) is 48.9. The Bertz CT molecular complexity index is 1150. The second kappa shape index (κ2) is 7.12. The molecule has 1 heterocycles. The lowest BCUT2D eigenvalue weighted by atomic mass is 10.0. The molecule has 1 aliphatic heterocycles. The number of carbonyl (C=O) groups excluding carboxylic acids is 3. The highest BCUT2D eigenvalue weighted by atomic mass is 16.6. The zero-order valence-corrected chi connectivity index (χ0v) is 15.1. The fourth-order valence-corrected chi connectivity index (χ4v) is 3.33. The van der Waals surface area contributed by atoms with Crippen molar-refractivity contribution in [2.24, 2.45) is 0 Å². The Balaban J connectivity index is 1.56. The molecule has 0 radical (unpaired) electrons. The highest BCUT2D eigenvalue weighted by Gasteiger charge is 2.41. The molecule has 7 heteroatoms. The lowest BCUT2D eigenvalue weighted by molar-refractivity contribution is -0.385. The van der Waals surface area contributed by atoms with Gasteiger partial charge in [-0.25, -0.2) is 0 Å². The molecule has 0 bridgehead atoms. The molecule has 0 fully saturated rings. The Kier molecular flexibility index (Phi) is 4.48. The van der Waals surface area contributed by atoms with Gasteiger partial charge in [-0.05, 0) is 17.2 Å². The van der Waals surface area contributed by atoms with Crippen molar-refractivity contribution in [2.75, 3.05) is 6.54 Å². The van der Waals surface area contributed by atoms with Gasteiger partial charge in [0.2, 0.25) is 0 Å². The number of Topliss-reactive ketones (excluding diaryl/α,β-unsaturated/α-hetero) is 1. The van der Waals surface area contributed by atoms with Crippen LogP contribution in [0.1, 0.15) is 31.1 Å². The Morgan fingerprint density at radius 2 is 1.48 bits per heavy atom. The number of hydrogen-bond donors (Lipinski definition) is 0. The predicted octanol–water partition coefficient (Wildman–Crippen LogP) is 3.74. The first kappa shape index (κ1) is 18.2. The van der Waals surface area contributed by atoms with Crippen molar-refractivity contribution in [3.8, 4) is 11.1 Å². The number of carbonyl (C=O) groups is 3. The van der Waals surface area contributed by atoms with Crippen LogP contribution in [0.4, 0.5) is 5.69 Å². The number of imide groups is 1. The van der Waals surface area contributed by atoms with Crippen LogP contribution in [0.5, 0.6) is 0 Å². The van der Waals surface area contributed by atoms with Crippen molar-refractivity contribution in [2.45, 2.75) is 0 Å². The van der Waals surface area contributed by atoms with Crippen LogP contribution in [0.15, 0.2) is 72.8 Å². The summed E-state index contributed by atoms with van der Waals surface area (Å²) in [5.74, 6) is -1.96. The molecule has 0 atom stereocenters. The van der Waals surface area contributed by atoms with Crippen molar-refractivity contribution in [1.29, 1.82) is 0 Å². The van der Waals surface area contributed by atoms with E-state index in [9.17, 15) is 24.5 Å². The van der Waals surface area contributed by atoms with Gasteiger partial charge in [0.15, 0.2) is 5.78 Å². The molecule has 4 rings (SSSR count). The van der Waals surface area contributed by atoms with Gasteiger partial charge < -0.3 is 0 Å². The number of rotatable bonds is 5. The molecule has 0 spiro atoms. The molecule has 0 saturated heterocycles. The fraction of sp³-hybridized carbons (Fsp3) is 0.0455. The molecule has 2 amide bonds. The second-order valence-electron chi connectivity index (χ2n) is 6.52. The Hall–Kier alpha value is -4.13. The summed E-state index contributed by atoms with van der Waals surface area (Å²) in [6.45, 7) is -0.478. The Morgan fingerprint density at radius 3 is 2.14 bits per heavy atom. The molecular formula is C22H14N2O5. The summed E-state index contributed by atoms with van der Waals surface area (Å²) in [5.41, 5.74) is 1.50. The van der Waals surface area contributed by atoms with Crippen LogP contribution in [-0.4, -0.2) is 34.0 Å². The molecule has 142 valence electrons. The average Bonchev–Trinajstić information content (AvgIpc) is 2.99. The van der Waals surface area contributed by atoms with Crippen molar-refractivity contribution >= 4 is 23.3 Å². The largest absolute Gasteiger partial charge is 0.292 e. The third kappa shape index (κ3) is 3.19. The van der Waals surface area contributed by atoms with E-state index in [0.29, 0.717) is 5.56 Å². The van der Waals surface area contributed by atoms with Crippen LogP contribution in [-0.2, 0) is 0 Å². The lowest BCUT2D eigenvalue weighted by Crippen LogP contribution is -2.35. The van der Waals surface area contributed by atoms with Crippen LogP contribution in [0.3, 0.4) is 0 Å². The molecule has 0 aromatic heterocycles. The number of nitro benzene ring substituents is 1. The van der Waals surface area contributed by atoms with E-state index in [0.717, 1.165) is 22.1 Å². The van der Waals surface area contributed by atoms with Crippen LogP contribution in [0.25, 0.3) is 11.1 Å². The van der Waals surface area contributed by atoms with E-state index in [1.54, 1.807) is 24.3 Å². The van der Waals surface area contributed by atoms with E-state index in [2.05, 4.69) is 0 Å². The van der Waals surface area contributed by atoms with Gasteiger partial charge in [0, 0.05) is 11.6 Å². The monoisotopic (exact) mass is 386 g/mol. The number of benzene rings is 3. The molecule has 3 aromatic carbocycles. The van der Waals surface area contributed by atoms with E-state index in [1.165, 1.54) is 12.1 Å². The Morgan fingerprint density at radius 1 is 0.828 bits per heavy atom. The number of hydrogen-bond acceptors (Lipinski definition) is 5. The number of amides is 2. The van der Waals surface area contributed by atoms with Crippen molar-refractivity contribution in [3.63, 3.8) is 0 Å². The van der Waals surface area contributed by atoms with E-state index < -0.39 is 34.8 Å². The van der Waals surface area contributed by atoms with E-state index in [4.69, 9.17) is 0 Å². The summed E-state index contributed by atoms with van der Waals surface area (Å²) < 4.78 is 0. The van der Waals surface area contributed by atoms with Crippen molar-refractivity contribution in [3.05, 3.63) is 99.6 Å². The SMILES string of the molecule is O=C(CN1C(=O)c2cccc([N+](=O)[O-])c2C1=O)c1ccc(-c2ccccc2)cc1. The van der Waals surface area contributed by atoms with Gasteiger partial charge in [-0.3, -0.25) is 29.4 Å². The van der Waals surface area contributed by atoms with Gasteiger partial charge >= 0.3 is 0 Å².